The molecule has 4 aromatic rings. The number of carbonyl (C=O) groups excluding carboxylic acids is 1. The third kappa shape index (κ3) is 4.89. The van der Waals surface area contributed by atoms with Gasteiger partial charge in [0.1, 0.15) is 17.8 Å². The van der Waals surface area contributed by atoms with Crippen molar-refractivity contribution in [3.63, 3.8) is 0 Å². The van der Waals surface area contributed by atoms with Crippen LogP contribution in [0.15, 0.2) is 78.5 Å². The first kappa shape index (κ1) is 22.9. The molecule has 0 fully saturated rings. The molecule has 0 saturated heterocycles. The summed E-state index contributed by atoms with van der Waals surface area (Å²) in [5.74, 6) is -0.0952. The minimum atomic E-state index is -0.419. The number of nitrogens with one attached hydrogen (secondary N) is 3. The Morgan fingerprint density at radius 3 is 2.47 bits per heavy atom. The highest BCUT2D eigenvalue weighted by Gasteiger charge is 2.19. The molecule has 1 amide bonds. The second-order valence-corrected chi connectivity index (χ2v) is 7.85. The van der Waals surface area contributed by atoms with Crippen LogP contribution in [0.1, 0.15) is 11.1 Å². The van der Waals surface area contributed by atoms with Crippen molar-refractivity contribution in [1.82, 2.24) is 30.2 Å². The van der Waals surface area contributed by atoms with Crippen molar-refractivity contribution in [2.75, 3.05) is 12.8 Å². The number of imidazole rings is 1. The lowest BCUT2D eigenvalue weighted by Gasteiger charge is -2.14. The maximum Gasteiger partial charge on any atom is 0.256 e. The van der Waals surface area contributed by atoms with Crippen LogP contribution >= 0.6 is 11.6 Å². The lowest BCUT2D eigenvalue weighted by atomic mass is 10.1. The largest absolute Gasteiger partial charge is 0.390 e. The zero-order valence-corrected chi connectivity index (χ0v) is 19.2. The zero-order chi connectivity index (χ0) is 24.1. The minimum absolute atomic E-state index is 0.117. The smallest absolute Gasteiger partial charge is 0.256 e. The van der Waals surface area contributed by atoms with Crippen molar-refractivity contribution in [3.05, 3.63) is 89.6 Å². The van der Waals surface area contributed by atoms with E-state index in [4.69, 9.17) is 22.7 Å². The van der Waals surface area contributed by atoms with Gasteiger partial charge in [0.05, 0.1) is 5.57 Å². The molecule has 0 aliphatic carbocycles. The molecular formula is C24H23ClN8O. The van der Waals surface area contributed by atoms with Gasteiger partial charge in [0.2, 0.25) is 0 Å². The van der Waals surface area contributed by atoms with Crippen molar-refractivity contribution in [3.8, 4) is 5.69 Å². The molecule has 9 nitrogen and oxygen atoms in total. The first-order valence-electron chi connectivity index (χ1n) is 10.5. The molecule has 0 radical (unpaired) electrons. The van der Waals surface area contributed by atoms with Crippen LogP contribution in [-0.2, 0) is 17.8 Å². The van der Waals surface area contributed by atoms with Gasteiger partial charge in [0, 0.05) is 31.4 Å². The predicted molar refractivity (Wildman–Crippen MR) is 133 cm³/mol. The number of allylic oxidation sites excluding steroid dienone is 1. The van der Waals surface area contributed by atoms with Crippen LogP contribution in [-0.4, -0.2) is 37.6 Å². The molecular weight excluding hydrogens is 452 g/mol. The van der Waals surface area contributed by atoms with Crippen LogP contribution in [0.4, 0.5) is 5.82 Å². The zero-order valence-electron chi connectivity index (χ0n) is 18.4. The van der Waals surface area contributed by atoms with E-state index in [2.05, 4.69) is 25.6 Å². The molecule has 0 aliphatic rings. The van der Waals surface area contributed by atoms with Gasteiger partial charge in [-0.15, -0.1) is 0 Å². The summed E-state index contributed by atoms with van der Waals surface area (Å²) in [5.41, 5.74) is 10.4. The van der Waals surface area contributed by atoms with Gasteiger partial charge in [-0.1, -0.05) is 54.1 Å². The number of nitrogens with two attached hydrogens (primary N) is 1. The van der Waals surface area contributed by atoms with Gasteiger partial charge in [-0.2, -0.15) is 0 Å². The molecule has 34 heavy (non-hydrogen) atoms. The number of aromatic nitrogens is 4. The van der Waals surface area contributed by atoms with Gasteiger partial charge < -0.3 is 16.4 Å². The molecule has 10 heteroatoms. The maximum atomic E-state index is 12.9. The van der Waals surface area contributed by atoms with Gasteiger partial charge in [0.15, 0.2) is 17.0 Å². The van der Waals surface area contributed by atoms with Crippen LogP contribution in [0.2, 0.25) is 0 Å². The first-order chi connectivity index (χ1) is 16.5. The second-order valence-electron chi connectivity index (χ2n) is 7.47. The number of rotatable bonds is 8. The van der Waals surface area contributed by atoms with E-state index >= 15 is 0 Å². The second kappa shape index (κ2) is 10.1. The van der Waals surface area contributed by atoms with E-state index in [0.717, 1.165) is 16.8 Å². The topological polar surface area (TPSA) is 135 Å². The van der Waals surface area contributed by atoms with Gasteiger partial charge in [-0.25, -0.2) is 15.0 Å². The highest BCUT2D eigenvalue weighted by Crippen LogP contribution is 2.19. The fourth-order valence-corrected chi connectivity index (χ4v) is 3.76. The van der Waals surface area contributed by atoms with E-state index < -0.39 is 5.91 Å². The number of hydrogen-bond acceptors (Lipinski definition) is 7. The third-order valence-corrected chi connectivity index (χ3v) is 5.49. The lowest BCUT2D eigenvalue weighted by Crippen LogP contribution is -2.30. The van der Waals surface area contributed by atoms with Crippen molar-refractivity contribution in [2.24, 2.45) is 0 Å². The summed E-state index contributed by atoms with van der Waals surface area (Å²) in [6, 6.07) is 17.3. The average Bonchev–Trinajstić information content (AvgIpc) is 3.28. The molecule has 0 saturated carbocycles. The Bertz CT molecular complexity index is 1360. The maximum absolute atomic E-state index is 12.9. The number of fused-ring (bicyclic) bond motifs is 1. The summed E-state index contributed by atoms with van der Waals surface area (Å²) in [6.45, 7) is 0.273. The van der Waals surface area contributed by atoms with E-state index in [1.54, 1.807) is 13.4 Å². The summed E-state index contributed by atoms with van der Waals surface area (Å²) >= 11 is 5.99. The Morgan fingerprint density at radius 2 is 1.79 bits per heavy atom. The van der Waals surface area contributed by atoms with Crippen molar-refractivity contribution >= 4 is 39.7 Å². The monoisotopic (exact) mass is 474 g/mol. The molecule has 4 rings (SSSR count). The fourth-order valence-electron chi connectivity index (χ4n) is 3.56. The van der Waals surface area contributed by atoms with E-state index in [-0.39, 0.29) is 17.3 Å². The summed E-state index contributed by atoms with van der Waals surface area (Å²) in [4.78, 5) is 25.4. The highest BCUT2D eigenvalue weighted by atomic mass is 35.5. The van der Waals surface area contributed by atoms with Gasteiger partial charge in [-0.05, 0) is 23.3 Å². The fraction of sp³-hybridized carbons (Fsp3) is 0.125. The molecule has 2 heterocycles. The Labute approximate surface area is 201 Å². The van der Waals surface area contributed by atoms with Gasteiger partial charge in [0.25, 0.3) is 5.91 Å². The first-order valence-corrected chi connectivity index (χ1v) is 10.9. The molecule has 5 N–H and O–H groups in total. The molecule has 2 aromatic carbocycles. The number of likely N-dealkylation sites (N-methyl/N-ethyl adjacent to an activating group) is 1. The van der Waals surface area contributed by atoms with Crippen LogP contribution in [0.3, 0.4) is 0 Å². The number of amides is 1. The number of carbonyl (C=O) groups is 1. The van der Waals surface area contributed by atoms with Crippen LogP contribution in [0, 0.1) is 5.41 Å². The normalized spacial score (nSPS) is 11.7. The molecule has 0 atom stereocenters. The predicted octanol–water partition coefficient (Wildman–Crippen LogP) is 2.95. The number of nitrogens with zero attached hydrogens (tertiary/aromatic N) is 4. The number of nitrogen functional groups attached to an aromatic ring is 1. The summed E-state index contributed by atoms with van der Waals surface area (Å²) in [6.07, 6.45) is 3.50. The number of anilines is 1. The van der Waals surface area contributed by atoms with Crippen molar-refractivity contribution < 1.29 is 4.79 Å². The Morgan fingerprint density at radius 1 is 1.06 bits per heavy atom. The van der Waals surface area contributed by atoms with Crippen LogP contribution in [0.5, 0.6) is 0 Å². The van der Waals surface area contributed by atoms with E-state index in [0.29, 0.717) is 29.1 Å². The third-order valence-electron chi connectivity index (χ3n) is 5.30. The standard InChI is InChI=1S/C24H23ClN8O/c1-28-18(11-15-5-3-2-4-6-15)19(21(25)26)24(34)29-12-16-7-9-17(10-8-16)33-14-32-20-22(27)30-13-31-23(20)33/h2-10,13-14,26,28H,11-12H2,1H3,(H,29,34)(H2,27,30,31)/b19-18+,26-21?. The summed E-state index contributed by atoms with van der Waals surface area (Å²) in [5, 5.41) is 13.5. The molecule has 172 valence electrons. The van der Waals surface area contributed by atoms with E-state index in [1.165, 1.54) is 6.33 Å². The van der Waals surface area contributed by atoms with E-state index in [9.17, 15) is 4.79 Å². The van der Waals surface area contributed by atoms with E-state index in [1.807, 2.05) is 59.2 Å². The van der Waals surface area contributed by atoms with Crippen molar-refractivity contribution in [1.29, 1.82) is 5.41 Å². The quantitative estimate of drug-likeness (QED) is 0.229. The number of hydrogen-bond donors (Lipinski definition) is 4. The molecule has 0 bridgehead atoms. The summed E-state index contributed by atoms with van der Waals surface area (Å²) in [7, 11) is 1.71. The lowest BCUT2D eigenvalue weighted by molar-refractivity contribution is -0.117. The Balaban J connectivity index is 1.49. The van der Waals surface area contributed by atoms with Crippen molar-refractivity contribution in [2.45, 2.75) is 13.0 Å². The number of benzene rings is 2. The molecule has 2 aromatic heterocycles. The minimum Gasteiger partial charge on any atom is -0.390 e. The Kier molecular flexibility index (Phi) is 6.84. The van der Waals surface area contributed by atoms with Crippen LogP contribution < -0.4 is 16.4 Å². The number of halogens is 1. The highest BCUT2D eigenvalue weighted by molar-refractivity contribution is 6.71. The van der Waals surface area contributed by atoms with Gasteiger partial charge >= 0.3 is 0 Å². The molecule has 0 spiro atoms. The van der Waals surface area contributed by atoms with Crippen LogP contribution in [0.25, 0.3) is 16.9 Å². The molecule has 0 unspecified atom stereocenters. The Hall–Kier alpha value is -4.24. The SMILES string of the molecule is CN/C(Cc1ccccc1)=C(\C(=N)Cl)C(=O)NCc1ccc(-n2cnc3c(N)ncnc32)cc1. The summed E-state index contributed by atoms with van der Waals surface area (Å²) < 4.78 is 1.81. The molecule has 0 aliphatic heterocycles. The average molecular weight is 475 g/mol. The van der Waals surface area contributed by atoms with Gasteiger partial charge in [-0.3, -0.25) is 14.8 Å².